The molecule has 0 aliphatic carbocycles. The molecule has 0 bridgehead atoms. The van der Waals surface area contributed by atoms with Crippen molar-refractivity contribution in [2.75, 3.05) is 25.7 Å². The van der Waals surface area contributed by atoms with Gasteiger partial charge in [0, 0.05) is 12.1 Å². The van der Waals surface area contributed by atoms with Crippen LogP contribution in [-0.2, 0) is 17.6 Å². The quantitative estimate of drug-likeness (QED) is 0.870. The van der Waals surface area contributed by atoms with Gasteiger partial charge >= 0.3 is 0 Å². The zero-order chi connectivity index (χ0) is 16.2. The Labute approximate surface area is 136 Å². The van der Waals surface area contributed by atoms with E-state index in [4.69, 9.17) is 9.47 Å². The number of para-hydroxylation sites is 2. The maximum absolute atomic E-state index is 12.9. The summed E-state index contributed by atoms with van der Waals surface area (Å²) in [6, 6.07) is 13.6. The lowest BCUT2D eigenvalue weighted by molar-refractivity contribution is -0.118. The Balaban J connectivity index is 1.90. The highest BCUT2D eigenvalue weighted by atomic mass is 16.5. The van der Waals surface area contributed by atoms with E-state index in [2.05, 4.69) is 6.07 Å². The lowest BCUT2D eigenvalue weighted by atomic mass is 10.00. The minimum absolute atomic E-state index is 0.0694. The fourth-order valence-electron chi connectivity index (χ4n) is 3.14. The Hall–Kier alpha value is -2.49. The number of benzene rings is 2. The summed E-state index contributed by atoms with van der Waals surface area (Å²) < 4.78 is 10.8. The third-order valence-corrected chi connectivity index (χ3v) is 4.24. The number of aryl methyl sites for hydroxylation is 1. The van der Waals surface area contributed by atoms with Crippen molar-refractivity contribution in [3.05, 3.63) is 53.6 Å². The van der Waals surface area contributed by atoms with Gasteiger partial charge in [-0.1, -0.05) is 30.3 Å². The molecule has 0 saturated heterocycles. The van der Waals surface area contributed by atoms with Crippen molar-refractivity contribution in [2.45, 2.75) is 19.3 Å². The first-order chi connectivity index (χ1) is 11.2. The third-order valence-electron chi connectivity index (χ3n) is 4.24. The van der Waals surface area contributed by atoms with E-state index in [1.54, 1.807) is 14.2 Å². The molecule has 0 spiro atoms. The number of rotatable bonds is 4. The van der Waals surface area contributed by atoms with E-state index < -0.39 is 0 Å². The van der Waals surface area contributed by atoms with Gasteiger partial charge in [-0.15, -0.1) is 0 Å². The molecule has 2 aromatic rings. The number of hydrogen-bond donors (Lipinski definition) is 0. The van der Waals surface area contributed by atoms with Gasteiger partial charge < -0.3 is 14.4 Å². The number of amides is 1. The molecule has 3 rings (SSSR count). The molecule has 1 amide bonds. The highest BCUT2D eigenvalue weighted by Gasteiger charge is 2.26. The predicted octanol–water partition coefficient (Wildman–Crippen LogP) is 3.23. The van der Waals surface area contributed by atoms with E-state index in [-0.39, 0.29) is 5.91 Å². The first-order valence-electron chi connectivity index (χ1n) is 7.82. The molecule has 120 valence electrons. The fraction of sp³-hybridized carbons (Fsp3) is 0.316. The van der Waals surface area contributed by atoms with Crippen molar-refractivity contribution in [3.8, 4) is 11.5 Å². The van der Waals surface area contributed by atoms with Crippen molar-refractivity contribution < 1.29 is 14.3 Å². The van der Waals surface area contributed by atoms with Gasteiger partial charge in [-0.25, -0.2) is 0 Å². The lowest BCUT2D eigenvalue weighted by Crippen LogP contribution is -2.36. The van der Waals surface area contributed by atoms with Crippen LogP contribution in [0.15, 0.2) is 42.5 Å². The molecule has 0 radical (unpaired) electrons. The molecular weight excluding hydrogens is 290 g/mol. The van der Waals surface area contributed by atoms with Crippen LogP contribution in [0.3, 0.4) is 0 Å². The van der Waals surface area contributed by atoms with Crippen LogP contribution in [0.4, 0.5) is 5.69 Å². The van der Waals surface area contributed by atoms with Crippen LogP contribution in [0.5, 0.6) is 11.5 Å². The molecule has 1 aliphatic heterocycles. The SMILES string of the molecule is COc1ccccc1CC(=O)N1CCCc2cccc(OC)c21. The normalized spacial score (nSPS) is 13.4. The second-order valence-corrected chi connectivity index (χ2v) is 5.61. The molecular formula is C19H21NO3. The van der Waals surface area contributed by atoms with Crippen LogP contribution in [0.2, 0.25) is 0 Å². The molecule has 1 aliphatic rings. The zero-order valence-electron chi connectivity index (χ0n) is 13.5. The Kier molecular flexibility index (Phi) is 4.51. The molecule has 2 aromatic carbocycles. The minimum atomic E-state index is 0.0694. The van der Waals surface area contributed by atoms with E-state index >= 15 is 0 Å². The van der Waals surface area contributed by atoms with Crippen molar-refractivity contribution in [1.82, 2.24) is 0 Å². The van der Waals surface area contributed by atoms with Gasteiger partial charge in [-0.3, -0.25) is 4.79 Å². The molecule has 0 fully saturated rings. The first kappa shape index (κ1) is 15.4. The molecule has 23 heavy (non-hydrogen) atoms. The smallest absolute Gasteiger partial charge is 0.231 e. The molecule has 0 aromatic heterocycles. The minimum Gasteiger partial charge on any atom is -0.496 e. The molecule has 4 heteroatoms. The van der Waals surface area contributed by atoms with E-state index in [0.717, 1.165) is 42.1 Å². The summed E-state index contributed by atoms with van der Waals surface area (Å²) in [5.41, 5.74) is 2.99. The molecule has 0 atom stereocenters. The van der Waals surface area contributed by atoms with Gasteiger partial charge in [0.2, 0.25) is 5.91 Å². The summed E-state index contributed by atoms with van der Waals surface area (Å²) in [6.07, 6.45) is 2.27. The van der Waals surface area contributed by atoms with Crippen LogP contribution in [0, 0.1) is 0 Å². The van der Waals surface area contributed by atoms with Gasteiger partial charge in [0.25, 0.3) is 0 Å². The van der Waals surface area contributed by atoms with Gasteiger partial charge in [-0.2, -0.15) is 0 Å². The van der Waals surface area contributed by atoms with Crippen molar-refractivity contribution in [3.63, 3.8) is 0 Å². The number of anilines is 1. The van der Waals surface area contributed by atoms with Crippen LogP contribution >= 0.6 is 0 Å². The van der Waals surface area contributed by atoms with Crippen LogP contribution in [-0.4, -0.2) is 26.7 Å². The first-order valence-corrected chi connectivity index (χ1v) is 7.82. The second-order valence-electron chi connectivity index (χ2n) is 5.61. The predicted molar refractivity (Wildman–Crippen MR) is 90.4 cm³/mol. The van der Waals surface area contributed by atoms with E-state index in [9.17, 15) is 4.79 Å². The summed E-state index contributed by atoms with van der Waals surface area (Å²) >= 11 is 0. The van der Waals surface area contributed by atoms with E-state index in [1.165, 1.54) is 5.56 Å². The van der Waals surface area contributed by atoms with Crippen LogP contribution < -0.4 is 14.4 Å². The van der Waals surface area contributed by atoms with E-state index in [0.29, 0.717) is 6.42 Å². The molecule has 1 heterocycles. The van der Waals surface area contributed by atoms with Gasteiger partial charge in [0.05, 0.1) is 26.3 Å². The highest BCUT2D eigenvalue weighted by Crippen LogP contribution is 2.36. The van der Waals surface area contributed by atoms with Crippen molar-refractivity contribution in [2.24, 2.45) is 0 Å². The summed E-state index contributed by atoms with van der Waals surface area (Å²) in [4.78, 5) is 14.7. The summed E-state index contributed by atoms with van der Waals surface area (Å²) in [7, 11) is 3.27. The van der Waals surface area contributed by atoms with Crippen molar-refractivity contribution >= 4 is 11.6 Å². The Morgan fingerprint density at radius 3 is 2.57 bits per heavy atom. The largest absolute Gasteiger partial charge is 0.496 e. The monoisotopic (exact) mass is 311 g/mol. The fourth-order valence-corrected chi connectivity index (χ4v) is 3.14. The Bertz CT molecular complexity index is 697. The maximum atomic E-state index is 12.9. The number of hydrogen-bond acceptors (Lipinski definition) is 3. The standard InChI is InChI=1S/C19H21NO3/c1-22-16-10-4-3-7-15(16)13-18(21)20-12-6-9-14-8-5-11-17(23-2)19(14)20/h3-5,7-8,10-11H,6,9,12-13H2,1-2H3. The molecule has 0 N–H and O–H groups in total. The van der Waals surface area contributed by atoms with Crippen LogP contribution in [0.1, 0.15) is 17.5 Å². The Morgan fingerprint density at radius 2 is 1.78 bits per heavy atom. The highest BCUT2D eigenvalue weighted by molar-refractivity contribution is 5.97. The van der Waals surface area contributed by atoms with E-state index in [1.807, 2.05) is 41.3 Å². The number of nitrogens with zero attached hydrogens (tertiary/aromatic N) is 1. The topological polar surface area (TPSA) is 38.8 Å². The number of carbonyl (C=O) groups is 1. The average Bonchev–Trinajstić information content (AvgIpc) is 2.61. The van der Waals surface area contributed by atoms with Crippen molar-refractivity contribution in [1.29, 1.82) is 0 Å². The molecule has 4 nitrogen and oxygen atoms in total. The van der Waals surface area contributed by atoms with Gasteiger partial charge in [-0.05, 0) is 30.5 Å². The molecule has 0 unspecified atom stereocenters. The number of methoxy groups -OCH3 is 2. The van der Waals surface area contributed by atoms with Gasteiger partial charge in [0.15, 0.2) is 0 Å². The zero-order valence-corrected chi connectivity index (χ0v) is 13.5. The summed E-state index contributed by atoms with van der Waals surface area (Å²) in [5.74, 6) is 1.58. The maximum Gasteiger partial charge on any atom is 0.231 e. The third kappa shape index (κ3) is 3.02. The summed E-state index contributed by atoms with van der Waals surface area (Å²) in [6.45, 7) is 0.724. The average molecular weight is 311 g/mol. The number of fused-ring (bicyclic) bond motifs is 1. The second kappa shape index (κ2) is 6.73. The number of carbonyl (C=O) groups excluding carboxylic acids is 1. The lowest BCUT2D eigenvalue weighted by Gasteiger charge is -2.31. The van der Waals surface area contributed by atoms with Gasteiger partial charge in [0.1, 0.15) is 11.5 Å². The van der Waals surface area contributed by atoms with Crippen LogP contribution in [0.25, 0.3) is 0 Å². The number of ether oxygens (including phenoxy) is 2. The Morgan fingerprint density at radius 1 is 1.04 bits per heavy atom. The summed E-state index contributed by atoms with van der Waals surface area (Å²) in [5, 5.41) is 0. The molecule has 0 saturated carbocycles.